The molecule has 0 bridgehead atoms. The van der Waals surface area contributed by atoms with Crippen LogP contribution in [0.1, 0.15) is 32.0 Å². The predicted octanol–water partition coefficient (Wildman–Crippen LogP) is 3.51. The summed E-state index contributed by atoms with van der Waals surface area (Å²) in [5.41, 5.74) is 0.930. The van der Waals surface area contributed by atoms with E-state index in [-0.39, 0.29) is 28.4 Å². The summed E-state index contributed by atoms with van der Waals surface area (Å²) in [4.78, 5) is 15.4. The average Bonchev–Trinajstić information content (AvgIpc) is 2.80. The molecule has 0 fully saturated rings. The SMILES string of the molecule is CC(C)(C)Cc1c(NCC(=O)NO)nc2c(Cl)cc(C(F)(F)F)cn12. The number of carbonyl (C=O) groups excluding carboxylic acids is 1. The molecular weight excluding hydrogens is 361 g/mol. The highest BCUT2D eigenvalue weighted by Gasteiger charge is 2.33. The zero-order chi connectivity index (χ0) is 19.0. The molecule has 0 aliphatic heterocycles. The van der Waals surface area contributed by atoms with Gasteiger partial charge in [-0.2, -0.15) is 13.2 Å². The smallest absolute Gasteiger partial charge is 0.359 e. The minimum absolute atomic E-state index is 0.148. The van der Waals surface area contributed by atoms with Crippen LogP contribution < -0.4 is 10.8 Å². The van der Waals surface area contributed by atoms with Crippen molar-refractivity contribution in [3.05, 3.63) is 28.5 Å². The molecule has 0 aromatic carbocycles. The third-order valence-electron chi connectivity index (χ3n) is 3.34. The summed E-state index contributed by atoms with van der Waals surface area (Å²) >= 11 is 5.98. The van der Waals surface area contributed by atoms with Gasteiger partial charge in [-0.3, -0.25) is 14.4 Å². The van der Waals surface area contributed by atoms with E-state index in [1.165, 1.54) is 9.88 Å². The van der Waals surface area contributed by atoms with E-state index in [4.69, 9.17) is 16.8 Å². The number of hydrogen-bond donors (Lipinski definition) is 3. The Morgan fingerprint density at radius 1 is 1.36 bits per heavy atom. The second-order valence-corrected chi connectivity index (χ2v) is 7.21. The van der Waals surface area contributed by atoms with E-state index in [2.05, 4.69) is 10.3 Å². The van der Waals surface area contributed by atoms with Crippen LogP contribution in [0.25, 0.3) is 5.65 Å². The largest absolute Gasteiger partial charge is 0.417 e. The summed E-state index contributed by atoms with van der Waals surface area (Å²) in [5.74, 6) is -0.472. The fourth-order valence-corrected chi connectivity index (χ4v) is 2.57. The Kier molecular flexibility index (Phi) is 5.19. The molecule has 0 radical (unpaired) electrons. The quantitative estimate of drug-likeness (QED) is 0.562. The van der Waals surface area contributed by atoms with Gasteiger partial charge in [-0.25, -0.2) is 10.5 Å². The third kappa shape index (κ3) is 4.55. The maximum atomic E-state index is 13.1. The van der Waals surface area contributed by atoms with Crippen molar-refractivity contribution in [3.63, 3.8) is 0 Å². The molecule has 0 aliphatic carbocycles. The predicted molar refractivity (Wildman–Crippen MR) is 86.8 cm³/mol. The molecule has 2 rings (SSSR count). The van der Waals surface area contributed by atoms with E-state index in [1.807, 2.05) is 20.8 Å². The minimum atomic E-state index is -4.55. The van der Waals surface area contributed by atoms with Crippen LogP contribution in [0.15, 0.2) is 12.3 Å². The maximum absolute atomic E-state index is 13.1. The number of anilines is 1. The highest BCUT2D eigenvalue weighted by atomic mass is 35.5. The topological polar surface area (TPSA) is 78.7 Å². The van der Waals surface area contributed by atoms with Crippen molar-refractivity contribution >= 4 is 29.0 Å². The van der Waals surface area contributed by atoms with Gasteiger partial charge in [0.05, 0.1) is 22.8 Å². The Morgan fingerprint density at radius 2 is 2.00 bits per heavy atom. The third-order valence-corrected chi connectivity index (χ3v) is 3.62. The van der Waals surface area contributed by atoms with E-state index in [9.17, 15) is 18.0 Å². The first-order valence-corrected chi connectivity index (χ1v) is 7.74. The van der Waals surface area contributed by atoms with E-state index >= 15 is 0 Å². The summed E-state index contributed by atoms with van der Waals surface area (Å²) in [5, 5.41) is 11.1. The van der Waals surface area contributed by atoms with E-state index < -0.39 is 17.6 Å². The molecule has 2 aromatic heterocycles. The molecule has 0 saturated carbocycles. The number of alkyl halides is 3. The van der Waals surface area contributed by atoms with Crippen LogP contribution in [-0.4, -0.2) is 27.0 Å². The summed E-state index contributed by atoms with van der Waals surface area (Å²) in [6, 6.07) is 0.814. The molecule has 2 heterocycles. The summed E-state index contributed by atoms with van der Waals surface area (Å²) in [7, 11) is 0. The monoisotopic (exact) mass is 378 g/mol. The number of halogens is 4. The fourth-order valence-electron chi connectivity index (χ4n) is 2.32. The molecular formula is C15H18ClF3N4O2. The van der Waals surface area contributed by atoms with Gasteiger partial charge in [0, 0.05) is 6.20 Å². The van der Waals surface area contributed by atoms with Crippen LogP contribution in [0.4, 0.5) is 19.0 Å². The highest BCUT2D eigenvalue weighted by Crippen LogP contribution is 2.35. The van der Waals surface area contributed by atoms with Gasteiger partial charge in [0.15, 0.2) is 5.65 Å². The number of nitrogens with one attached hydrogen (secondary N) is 2. The van der Waals surface area contributed by atoms with Crippen molar-refractivity contribution in [3.8, 4) is 0 Å². The molecule has 0 saturated heterocycles. The van der Waals surface area contributed by atoms with Crippen molar-refractivity contribution in [1.29, 1.82) is 0 Å². The van der Waals surface area contributed by atoms with Gasteiger partial charge < -0.3 is 5.32 Å². The number of hydroxylamine groups is 1. The first-order chi connectivity index (χ1) is 11.4. The summed E-state index contributed by atoms with van der Waals surface area (Å²) < 4.78 is 40.5. The number of aromatic nitrogens is 2. The van der Waals surface area contributed by atoms with E-state index in [1.54, 1.807) is 0 Å². The van der Waals surface area contributed by atoms with E-state index in [0.29, 0.717) is 12.1 Å². The number of imidazole rings is 1. The Morgan fingerprint density at radius 3 is 2.52 bits per heavy atom. The van der Waals surface area contributed by atoms with Crippen LogP contribution in [0.3, 0.4) is 0 Å². The van der Waals surface area contributed by atoms with Crippen LogP contribution in [0.5, 0.6) is 0 Å². The Balaban J connectivity index is 2.61. The standard InChI is InChI=1S/C15H18ClF3N4O2/c1-14(2,3)5-10-12(20-6-11(24)22-25)21-13-9(16)4-8(7-23(10)13)15(17,18)19/h4,7,20,25H,5-6H2,1-3H3,(H,22,24). The van der Waals surface area contributed by atoms with Gasteiger partial charge in [-0.1, -0.05) is 32.4 Å². The molecule has 0 spiro atoms. The summed E-state index contributed by atoms with van der Waals surface area (Å²) in [6.07, 6.45) is -3.23. The molecule has 25 heavy (non-hydrogen) atoms. The second kappa shape index (κ2) is 6.72. The highest BCUT2D eigenvalue weighted by molar-refractivity contribution is 6.33. The first kappa shape index (κ1) is 19.3. The van der Waals surface area contributed by atoms with Crippen LogP contribution in [-0.2, 0) is 17.4 Å². The van der Waals surface area contributed by atoms with Gasteiger partial charge in [0.2, 0.25) is 0 Å². The maximum Gasteiger partial charge on any atom is 0.417 e. The molecule has 3 N–H and O–H groups in total. The van der Waals surface area contributed by atoms with Gasteiger partial charge >= 0.3 is 6.18 Å². The van der Waals surface area contributed by atoms with Crippen molar-refractivity contribution in [2.24, 2.45) is 5.41 Å². The normalized spacial score (nSPS) is 12.5. The van der Waals surface area contributed by atoms with Crippen LogP contribution in [0, 0.1) is 5.41 Å². The molecule has 0 aliphatic rings. The van der Waals surface area contributed by atoms with Crippen molar-refractivity contribution in [1.82, 2.24) is 14.9 Å². The van der Waals surface area contributed by atoms with Crippen molar-refractivity contribution in [2.75, 3.05) is 11.9 Å². The van der Waals surface area contributed by atoms with Gasteiger partial charge in [-0.05, 0) is 17.9 Å². The molecule has 0 unspecified atom stereocenters. The Labute approximate surface area is 146 Å². The number of amides is 1. The average molecular weight is 379 g/mol. The molecule has 10 heteroatoms. The van der Waals surface area contributed by atoms with Gasteiger partial charge in [0.1, 0.15) is 5.82 Å². The van der Waals surface area contributed by atoms with Crippen molar-refractivity contribution in [2.45, 2.75) is 33.4 Å². The molecule has 0 atom stereocenters. The van der Waals surface area contributed by atoms with Crippen molar-refractivity contribution < 1.29 is 23.2 Å². The molecule has 2 aromatic rings. The number of hydrogen-bond acceptors (Lipinski definition) is 4. The number of pyridine rings is 1. The number of rotatable bonds is 4. The van der Waals surface area contributed by atoms with Crippen LogP contribution in [0.2, 0.25) is 5.02 Å². The lowest BCUT2D eigenvalue weighted by molar-refractivity contribution is -0.137. The van der Waals surface area contributed by atoms with Crippen LogP contribution >= 0.6 is 11.6 Å². The number of fused-ring (bicyclic) bond motifs is 1. The lowest BCUT2D eigenvalue weighted by atomic mass is 9.90. The fraction of sp³-hybridized carbons (Fsp3) is 0.467. The van der Waals surface area contributed by atoms with Gasteiger partial charge in [0.25, 0.3) is 5.91 Å². The first-order valence-electron chi connectivity index (χ1n) is 7.37. The Bertz CT molecular complexity index is 797. The Hall–Kier alpha value is -2.00. The van der Waals surface area contributed by atoms with E-state index in [0.717, 1.165) is 12.3 Å². The lowest BCUT2D eigenvalue weighted by Crippen LogP contribution is -2.27. The number of nitrogens with zero attached hydrogens (tertiary/aromatic N) is 2. The molecule has 138 valence electrons. The summed E-state index contributed by atoms with van der Waals surface area (Å²) in [6.45, 7) is 5.48. The minimum Gasteiger partial charge on any atom is -0.359 e. The lowest BCUT2D eigenvalue weighted by Gasteiger charge is -2.19. The zero-order valence-corrected chi connectivity index (χ0v) is 14.6. The number of carbonyl (C=O) groups is 1. The van der Waals surface area contributed by atoms with Gasteiger partial charge in [-0.15, -0.1) is 0 Å². The second-order valence-electron chi connectivity index (χ2n) is 6.80. The zero-order valence-electron chi connectivity index (χ0n) is 13.8. The molecule has 6 nitrogen and oxygen atoms in total. The molecule has 1 amide bonds.